The summed E-state index contributed by atoms with van der Waals surface area (Å²) in [6.07, 6.45) is 1.61. The van der Waals surface area contributed by atoms with Crippen molar-refractivity contribution in [2.45, 2.75) is 46.8 Å². The maximum absolute atomic E-state index is 7.87. The van der Waals surface area contributed by atoms with Gasteiger partial charge in [-0.1, -0.05) is 26.8 Å². The van der Waals surface area contributed by atoms with Gasteiger partial charge in [0.05, 0.1) is 0 Å². The van der Waals surface area contributed by atoms with E-state index >= 15 is 0 Å². The second kappa shape index (κ2) is 5.05. The first-order valence-corrected chi connectivity index (χ1v) is 6.78. The zero-order valence-electron chi connectivity index (χ0n) is 18.8. The van der Waals surface area contributed by atoms with Crippen molar-refractivity contribution < 1.29 is 12.8 Å². The van der Waals surface area contributed by atoms with Crippen LogP contribution in [0.25, 0.3) is 11.3 Å². The van der Waals surface area contributed by atoms with Gasteiger partial charge in [-0.3, -0.25) is 0 Å². The van der Waals surface area contributed by atoms with E-state index in [2.05, 4.69) is 0 Å². The highest BCUT2D eigenvalue weighted by Crippen LogP contribution is 2.31. The van der Waals surface area contributed by atoms with E-state index < -0.39 is 13.7 Å². The molecule has 1 aromatic heterocycles. The number of pyridine rings is 1. The van der Waals surface area contributed by atoms with E-state index in [1.807, 2.05) is 33.8 Å². The highest BCUT2D eigenvalue weighted by atomic mass is 14.9. The summed E-state index contributed by atoms with van der Waals surface area (Å²) >= 11 is 0. The number of benzene rings is 1. The van der Waals surface area contributed by atoms with Gasteiger partial charge in [-0.2, -0.15) is 0 Å². The lowest BCUT2D eigenvalue weighted by Gasteiger charge is -2.23. The maximum atomic E-state index is 7.87. The van der Waals surface area contributed by atoms with Gasteiger partial charge >= 0.3 is 0 Å². The molecule has 0 unspecified atom stereocenters. The normalized spacial score (nSPS) is 17.4. The van der Waals surface area contributed by atoms with Gasteiger partial charge in [0.2, 0.25) is 5.69 Å². The second-order valence-corrected chi connectivity index (χ2v) is 6.38. The third-order valence-electron chi connectivity index (χ3n) is 3.58. The quantitative estimate of drug-likeness (QED) is 0.679. The van der Waals surface area contributed by atoms with E-state index in [1.54, 1.807) is 36.0 Å². The Morgan fingerprint density at radius 3 is 2.35 bits per heavy atom. The fraction of sp³-hybridized carbons (Fsp3) is 0.421. The van der Waals surface area contributed by atoms with Gasteiger partial charge in [0.1, 0.15) is 7.05 Å². The minimum atomic E-state index is -2.18. The molecule has 1 heteroatoms. The van der Waals surface area contributed by atoms with Crippen molar-refractivity contribution in [3.63, 3.8) is 0 Å². The van der Waals surface area contributed by atoms with E-state index in [0.29, 0.717) is 5.56 Å². The Hall–Kier alpha value is -1.63. The third kappa shape index (κ3) is 2.77. The molecule has 1 aromatic carbocycles. The van der Waals surface area contributed by atoms with Crippen LogP contribution in [-0.4, -0.2) is 0 Å². The first kappa shape index (κ1) is 8.61. The van der Waals surface area contributed by atoms with E-state index in [1.165, 1.54) is 0 Å². The molecule has 0 aliphatic heterocycles. The van der Waals surface area contributed by atoms with Crippen LogP contribution in [0.4, 0.5) is 0 Å². The standard InChI is InChI=1S/C19H26N/c1-13-8-9-18(20(7)12-13)16-11-17(19(4,5)6)15(3)10-14(16)2/h8-12H,1-7H3/q+1/i1D3,3D3. The number of hydrogen-bond acceptors (Lipinski definition) is 0. The highest BCUT2D eigenvalue weighted by molar-refractivity contribution is 5.64. The summed E-state index contributed by atoms with van der Waals surface area (Å²) in [5, 5.41) is 0. The third-order valence-corrected chi connectivity index (χ3v) is 3.58. The van der Waals surface area contributed by atoms with Crippen molar-refractivity contribution in [1.29, 1.82) is 0 Å². The molecule has 0 amide bonds. The number of aromatic nitrogens is 1. The van der Waals surface area contributed by atoms with Crippen LogP contribution in [0.3, 0.4) is 0 Å². The van der Waals surface area contributed by atoms with Crippen LogP contribution in [0.1, 0.15) is 51.2 Å². The van der Waals surface area contributed by atoms with Gasteiger partial charge < -0.3 is 0 Å². The number of hydrogen-bond donors (Lipinski definition) is 0. The number of rotatable bonds is 1. The molecule has 106 valence electrons. The Kier molecular flexibility index (Phi) is 2.17. The van der Waals surface area contributed by atoms with Crippen molar-refractivity contribution in [3.05, 3.63) is 52.7 Å². The molecule has 0 bridgehead atoms. The van der Waals surface area contributed by atoms with E-state index in [9.17, 15) is 0 Å². The van der Waals surface area contributed by atoms with Crippen LogP contribution < -0.4 is 4.57 Å². The molecule has 0 atom stereocenters. The van der Waals surface area contributed by atoms with Crippen molar-refractivity contribution in [1.82, 2.24) is 0 Å². The summed E-state index contributed by atoms with van der Waals surface area (Å²) in [5.74, 6) is 0. The van der Waals surface area contributed by atoms with Crippen LogP contribution in [0.5, 0.6) is 0 Å². The zero-order chi connectivity index (χ0) is 20.1. The molecule has 0 radical (unpaired) electrons. The van der Waals surface area contributed by atoms with Crippen LogP contribution >= 0.6 is 0 Å². The lowest BCUT2D eigenvalue weighted by Crippen LogP contribution is -2.31. The molecule has 0 aliphatic carbocycles. The van der Waals surface area contributed by atoms with Crippen molar-refractivity contribution in [2.75, 3.05) is 0 Å². The smallest absolute Gasteiger partial charge is 0.201 e. The number of aryl methyl sites for hydroxylation is 4. The number of nitrogens with zero attached hydrogens (tertiary/aromatic N) is 1. The summed E-state index contributed by atoms with van der Waals surface area (Å²) in [6, 6.07) is 7.06. The molecule has 0 aliphatic rings. The van der Waals surface area contributed by atoms with Gasteiger partial charge in [-0.15, -0.1) is 0 Å². The summed E-state index contributed by atoms with van der Waals surface area (Å²) in [5.41, 5.74) is 3.69. The molecular weight excluding hydrogens is 242 g/mol. The largest absolute Gasteiger partial charge is 0.212 e. The fourth-order valence-electron chi connectivity index (χ4n) is 2.49. The predicted molar refractivity (Wildman–Crippen MR) is 86.0 cm³/mol. The van der Waals surface area contributed by atoms with E-state index in [4.69, 9.17) is 8.22 Å². The van der Waals surface area contributed by atoms with Crippen LogP contribution in [-0.2, 0) is 12.5 Å². The minimum Gasteiger partial charge on any atom is -0.201 e. The molecule has 2 rings (SSSR count). The SMILES string of the molecule is [2H]C([2H])([2H])c1ccc(-c2cc(C(C)(C)C)c(C([2H])([2H])[2H])cc2C)[n+](C)c1. The molecule has 0 N–H and O–H groups in total. The molecule has 1 nitrogen and oxygen atoms in total. The topological polar surface area (TPSA) is 3.88 Å². The predicted octanol–water partition coefficient (Wildman–Crippen LogP) is 4.40. The van der Waals surface area contributed by atoms with Gasteiger partial charge in [-0.25, -0.2) is 4.57 Å². The van der Waals surface area contributed by atoms with Crippen molar-refractivity contribution in [3.8, 4) is 11.3 Å². The minimum absolute atomic E-state index is 0.275. The Bertz CT molecular complexity index is 826. The van der Waals surface area contributed by atoms with Crippen molar-refractivity contribution >= 4 is 0 Å². The Morgan fingerprint density at radius 2 is 1.80 bits per heavy atom. The van der Waals surface area contributed by atoms with Crippen LogP contribution in [0.2, 0.25) is 0 Å². The summed E-state index contributed by atoms with van der Waals surface area (Å²) in [4.78, 5) is 0. The van der Waals surface area contributed by atoms with Gasteiger partial charge in [-0.05, 0) is 54.9 Å². The lowest BCUT2D eigenvalue weighted by molar-refractivity contribution is -0.660. The second-order valence-electron chi connectivity index (χ2n) is 6.38. The first-order valence-electron chi connectivity index (χ1n) is 9.78. The van der Waals surface area contributed by atoms with Crippen molar-refractivity contribution in [2.24, 2.45) is 7.05 Å². The monoisotopic (exact) mass is 274 g/mol. The van der Waals surface area contributed by atoms with E-state index in [0.717, 1.165) is 22.4 Å². The van der Waals surface area contributed by atoms with Gasteiger partial charge in [0.15, 0.2) is 6.20 Å². The Balaban J connectivity index is 2.72. The molecule has 20 heavy (non-hydrogen) atoms. The molecule has 0 fully saturated rings. The fourth-order valence-corrected chi connectivity index (χ4v) is 2.49. The van der Waals surface area contributed by atoms with Crippen LogP contribution in [0.15, 0.2) is 30.5 Å². The average molecular weight is 274 g/mol. The molecule has 0 saturated carbocycles. The Morgan fingerprint density at radius 1 is 1.05 bits per heavy atom. The van der Waals surface area contributed by atoms with Crippen LogP contribution in [0, 0.1) is 20.6 Å². The summed E-state index contributed by atoms with van der Waals surface area (Å²) < 4.78 is 48.1. The zero-order valence-corrected chi connectivity index (χ0v) is 12.8. The molecule has 2 aromatic rings. The Labute approximate surface area is 131 Å². The van der Waals surface area contributed by atoms with E-state index in [-0.39, 0.29) is 11.0 Å². The molecule has 1 heterocycles. The molecule has 0 saturated heterocycles. The highest BCUT2D eigenvalue weighted by Gasteiger charge is 2.20. The summed E-state index contributed by atoms with van der Waals surface area (Å²) in [7, 11) is 1.80. The molecule has 0 spiro atoms. The average Bonchev–Trinajstić information content (AvgIpc) is 2.44. The maximum Gasteiger partial charge on any atom is 0.212 e. The molecular formula is C19H26N+. The van der Waals surface area contributed by atoms with Gasteiger partial charge in [0, 0.05) is 25.4 Å². The lowest BCUT2D eigenvalue weighted by atomic mass is 9.81. The van der Waals surface area contributed by atoms with Gasteiger partial charge in [0.25, 0.3) is 0 Å². The first-order chi connectivity index (χ1) is 11.6. The summed E-state index contributed by atoms with van der Waals surface area (Å²) in [6.45, 7) is 3.53.